The molecular formula is C41H51F2N7O8. The van der Waals surface area contributed by atoms with Crippen LogP contribution in [0, 0.1) is 24.5 Å². The molecule has 8 atom stereocenters. The second-order valence-electron chi connectivity index (χ2n) is 15.9. The predicted molar refractivity (Wildman–Crippen MR) is 206 cm³/mol. The minimum atomic E-state index is -1.62. The molecule has 4 aliphatic heterocycles. The molecule has 4 fully saturated rings. The van der Waals surface area contributed by atoms with Gasteiger partial charge in [0.05, 0.1) is 0 Å². The highest BCUT2D eigenvalue weighted by molar-refractivity contribution is 5.98. The number of rotatable bonds is 6. The van der Waals surface area contributed by atoms with Crippen molar-refractivity contribution in [2.45, 2.75) is 115 Å². The molecule has 4 saturated heterocycles. The van der Waals surface area contributed by atoms with Gasteiger partial charge in [0.15, 0.2) is 0 Å². The average molecular weight is 808 g/mol. The molecule has 4 N–H and O–H groups in total. The van der Waals surface area contributed by atoms with Crippen LogP contribution >= 0.6 is 0 Å². The lowest BCUT2D eigenvalue weighted by molar-refractivity contribution is -0.163. The smallest absolute Gasteiger partial charge is 0.329 e. The number of carbonyl (C=O) groups excluding carboxylic acids is 7. The maximum atomic E-state index is 14.7. The van der Waals surface area contributed by atoms with Crippen LogP contribution in [0.25, 0.3) is 0 Å². The highest BCUT2D eigenvalue weighted by Crippen LogP contribution is 2.29. The molecule has 4 aliphatic rings. The number of nitrogens with one attached hydrogen (secondary N) is 4. The molecule has 0 spiro atoms. The van der Waals surface area contributed by atoms with E-state index >= 15 is 0 Å². The van der Waals surface area contributed by atoms with Crippen molar-refractivity contribution in [2.75, 3.05) is 25.0 Å². The molecule has 312 valence electrons. The minimum Gasteiger partial charge on any atom is -0.458 e. The lowest BCUT2D eigenvalue weighted by atomic mass is 9.99. The Hall–Kier alpha value is -5.61. The van der Waals surface area contributed by atoms with E-state index < -0.39 is 102 Å². The van der Waals surface area contributed by atoms with Crippen molar-refractivity contribution < 1.29 is 47.1 Å². The van der Waals surface area contributed by atoms with Gasteiger partial charge in [-0.2, -0.15) is 0 Å². The third kappa shape index (κ3) is 9.56. The van der Waals surface area contributed by atoms with E-state index in [9.17, 15) is 42.3 Å². The number of esters is 1. The van der Waals surface area contributed by atoms with Gasteiger partial charge in [-0.25, -0.2) is 18.4 Å². The molecule has 2 aromatic rings. The number of hydrogen-bond acceptors (Lipinski definition) is 8. The second-order valence-corrected chi connectivity index (χ2v) is 15.9. The van der Waals surface area contributed by atoms with Gasteiger partial charge in [-0.1, -0.05) is 24.6 Å². The number of urea groups is 1. The van der Waals surface area contributed by atoms with Gasteiger partial charge in [0.25, 0.3) is 0 Å². The molecule has 15 nitrogen and oxygen atoms in total. The molecule has 0 bridgehead atoms. The number of aryl methyl sites for hydroxylation is 1. The number of amides is 7. The fourth-order valence-corrected chi connectivity index (χ4v) is 8.36. The first kappa shape index (κ1) is 42.0. The summed E-state index contributed by atoms with van der Waals surface area (Å²) in [4.78, 5) is 102. The molecule has 0 saturated carbocycles. The van der Waals surface area contributed by atoms with Crippen LogP contribution < -0.4 is 21.3 Å². The molecule has 0 aliphatic carbocycles. The number of nitrogens with zero attached hydrogens (tertiary/aromatic N) is 3. The lowest BCUT2D eigenvalue weighted by Gasteiger charge is -2.39. The first-order chi connectivity index (χ1) is 27.6. The van der Waals surface area contributed by atoms with Gasteiger partial charge in [-0.05, 0) is 95.0 Å². The van der Waals surface area contributed by atoms with Crippen molar-refractivity contribution in [3.05, 3.63) is 65.2 Å². The number of hydrogen-bond donors (Lipinski definition) is 4. The van der Waals surface area contributed by atoms with E-state index in [2.05, 4.69) is 21.3 Å². The molecule has 2 unspecified atom stereocenters. The zero-order valence-electron chi connectivity index (χ0n) is 33.1. The maximum Gasteiger partial charge on any atom is 0.329 e. The monoisotopic (exact) mass is 807 g/mol. The number of piperidine rings is 1. The van der Waals surface area contributed by atoms with Crippen LogP contribution in [-0.2, 0) is 39.9 Å². The largest absolute Gasteiger partial charge is 0.458 e. The topological polar surface area (TPSA) is 187 Å². The Bertz CT molecular complexity index is 1910. The van der Waals surface area contributed by atoms with Crippen LogP contribution in [0.15, 0.2) is 42.5 Å². The van der Waals surface area contributed by atoms with E-state index in [1.165, 1.54) is 28.5 Å². The Morgan fingerprint density at radius 2 is 1.48 bits per heavy atom. The number of ether oxygens (including phenoxy) is 1. The van der Waals surface area contributed by atoms with Crippen LogP contribution in [-0.4, -0.2) is 118 Å². The molecule has 0 aromatic heterocycles. The predicted octanol–water partition coefficient (Wildman–Crippen LogP) is 2.55. The number of fused-ring (bicyclic) bond motifs is 3. The van der Waals surface area contributed by atoms with Crippen molar-refractivity contribution in [1.29, 1.82) is 0 Å². The van der Waals surface area contributed by atoms with E-state index in [0.29, 0.717) is 37.4 Å². The molecule has 17 heteroatoms. The highest BCUT2D eigenvalue weighted by Gasteiger charge is 2.47. The fourth-order valence-electron chi connectivity index (χ4n) is 8.36. The Labute approximate surface area is 335 Å². The van der Waals surface area contributed by atoms with Crippen molar-refractivity contribution >= 4 is 47.2 Å². The summed E-state index contributed by atoms with van der Waals surface area (Å²) in [5, 5.41) is 10.6. The zero-order chi connectivity index (χ0) is 41.8. The molecule has 0 radical (unpaired) electrons. The average Bonchev–Trinajstić information content (AvgIpc) is 3.83. The Morgan fingerprint density at radius 1 is 0.828 bits per heavy atom. The lowest BCUT2D eigenvalue weighted by Crippen LogP contribution is -2.63. The molecule has 4 heterocycles. The number of halogens is 2. The molecule has 7 amide bonds. The summed E-state index contributed by atoms with van der Waals surface area (Å²) in [6, 6.07) is 1.56. The normalized spacial score (nSPS) is 27.5. The summed E-state index contributed by atoms with van der Waals surface area (Å²) in [7, 11) is 0. The van der Waals surface area contributed by atoms with Crippen LogP contribution in [0.3, 0.4) is 0 Å². The van der Waals surface area contributed by atoms with Gasteiger partial charge in [0.1, 0.15) is 54.0 Å². The minimum absolute atomic E-state index is 0.0248. The van der Waals surface area contributed by atoms with E-state index in [0.717, 1.165) is 17.7 Å². The quantitative estimate of drug-likeness (QED) is 0.321. The Kier molecular flexibility index (Phi) is 13.0. The standard InChI is InChI=1S/C41H51F2N7O8/c1-22-10-12-29(13-11-22)45-41(57)46-30(19-26-17-27(42)20-28(43)18-26)35(51)47-34-25(4)58-40(56)33-16-23(2)21-50(33)37(53)24(3)44-36(52)31-8-5-6-14-48(31)38(54)32-9-7-15-49(32)39(34)55/h10-13,17-18,20,23-25,30-34H,5-9,14-16,19,21H2,1-4H3,(H,44,52)(H,47,51)(H2,45,46,57)/t23-,24+,25+,30+,31+,32?,33?,34+/m1/s1. The Morgan fingerprint density at radius 3 is 2.19 bits per heavy atom. The Balaban J connectivity index is 1.34. The van der Waals surface area contributed by atoms with E-state index in [1.54, 1.807) is 24.3 Å². The summed E-state index contributed by atoms with van der Waals surface area (Å²) >= 11 is 0. The SMILES string of the molecule is Cc1ccc(NC(=O)N[C@@H](Cc2cc(F)cc(F)c2)C(=O)N[C@@H]2C(=O)N3CCCC3C(=O)N3CCCC[C@H]3C(=O)N[C@@H](C)C(=O)N3C[C@H](C)CC3C(=O)O[C@H]2C)cc1. The van der Waals surface area contributed by atoms with E-state index in [1.807, 2.05) is 13.8 Å². The maximum absolute atomic E-state index is 14.7. The third-order valence-electron chi connectivity index (χ3n) is 11.3. The van der Waals surface area contributed by atoms with E-state index in [-0.39, 0.29) is 44.0 Å². The van der Waals surface area contributed by atoms with Gasteiger partial charge in [0.2, 0.25) is 29.5 Å². The number of anilines is 1. The van der Waals surface area contributed by atoms with Crippen molar-refractivity contribution in [2.24, 2.45) is 5.92 Å². The van der Waals surface area contributed by atoms with Crippen LogP contribution in [0.2, 0.25) is 0 Å². The summed E-state index contributed by atoms with van der Waals surface area (Å²) < 4.78 is 34.5. The molecule has 2 aromatic carbocycles. The van der Waals surface area contributed by atoms with Crippen molar-refractivity contribution in [3.8, 4) is 0 Å². The summed E-state index contributed by atoms with van der Waals surface area (Å²) in [5.41, 5.74) is 1.36. The number of carbonyl (C=O) groups is 7. The van der Waals surface area contributed by atoms with Gasteiger partial charge in [-0.3, -0.25) is 24.0 Å². The van der Waals surface area contributed by atoms with Crippen molar-refractivity contribution in [1.82, 2.24) is 30.7 Å². The highest BCUT2D eigenvalue weighted by atomic mass is 19.1. The fraction of sp³-hybridized carbons (Fsp3) is 0.537. The summed E-state index contributed by atoms with van der Waals surface area (Å²) in [6.45, 7) is 7.24. The first-order valence-electron chi connectivity index (χ1n) is 19.9. The number of cyclic esters (lactones) is 1. The third-order valence-corrected chi connectivity index (χ3v) is 11.3. The summed E-state index contributed by atoms with van der Waals surface area (Å²) in [5.74, 6) is -5.95. The van der Waals surface area contributed by atoms with E-state index in [4.69, 9.17) is 4.74 Å². The van der Waals surface area contributed by atoms with Crippen LogP contribution in [0.1, 0.15) is 70.4 Å². The van der Waals surface area contributed by atoms with Crippen molar-refractivity contribution in [3.63, 3.8) is 0 Å². The number of benzene rings is 2. The van der Waals surface area contributed by atoms with Crippen LogP contribution in [0.5, 0.6) is 0 Å². The molecule has 58 heavy (non-hydrogen) atoms. The second kappa shape index (κ2) is 17.9. The molecule has 6 rings (SSSR count). The zero-order valence-corrected chi connectivity index (χ0v) is 33.1. The molecular weight excluding hydrogens is 756 g/mol. The van der Waals surface area contributed by atoms with Gasteiger partial charge >= 0.3 is 12.0 Å². The van der Waals surface area contributed by atoms with Gasteiger partial charge < -0.3 is 40.7 Å². The van der Waals surface area contributed by atoms with Gasteiger partial charge in [-0.15, -0.1) is 0 Å². The first-order valence-corrected chi connectivity index (χ1v) is 19.9. The van der Waals surface area contributed by atoms with Crippen LogP contribution in [0.4, 0.5) is 19.3 Å². The van der Waals surface area contributed by atoms with Gasteiger partial charge in [0, 0.05) is 37.8 Å². The summed E-state index contributed by atoms with van der Waals surface area (Å²) in [6.07, 6.45) is 0.815.